The number of sulfonamides is 1. The molecule has 1 fully saturated rings. The van der Waals surface area contributed by atoms with Crippen LogP contribution in [0.5, 0.6) is 0 Å². The van der Waals surface area contributed by atoms with Crippen molar-refractivity contribution in [3.05, 3.63) is 17.9 Å². The Morgan fingerprint density at radius 2 is 2.18 bits per heavy atom. The summed E-state index contributed by atoms with van der Waals surface area (Å²) < 4.78 is 31.6. The second-order valence-electron chi connectivity index (χ2n) is 4.37. The SMILES string of the molecule is CCC1(NS(=O)(=O)c2ccc(C=O)o2)CCC1. The number of rotatable bonds is 5. The van der Waals surface area contributed by atoms with Gasteiger partial charge >= 0.3 is 0 Å². The molecule has 1 aliphatic rings. The van der Waals surface area contributed by atoms with Crippen molar-refractivity contribution in [2.24, 2.45) is 0 Å². The van der Waals surface area contributed by atoms with Crippen molar-refractivity contribution in [2.75, 3.05) is 0 Å². The lowest BCUT2D eigenvalue weighted by atomic mass is 9.76. The summed E-state index contributed by atoms with van der Waals surface area (Å²) in [5.74, 6) is 0.0181. The van der Waals surface area contributed by atoms with Gasteiger partial charge in [0.1, 0.15) is 0 Å². The zero-order chi connectivity index (χ0) is 12.5. The summed E-state index contributed by atoms with van der Waals surface area (Å²) in [5, 5.41) is -0.195. The molecule has 1 aromatic heterocycles. The Kier molecular flexibility index (Phi) is 3.09. The summed E-state index contributed by atoms with van der Waals surface area (Å²) in [6, 6.07) is 2.65. The fourth-order valence-corrected chi connectivity index (χ4v) is 3.48. The van der Waals surface area contributed by atoms with E-state index in [2.05, 4.69) is 4.72 Å². The highest BCUT2D eigenvalue weighted by Crippen LogP contribution is 2.36. The molecule has 1 saturated carbocycles. The van der Waals surface area contributed by atoms with Crippen LogP contribution >= 0.6 is 0 Å². The van der Waals surface area contributed by atoms with Crippen molar-refractivity contribution in [1.82, 2.24) is 4.72 Å². The van der Waals surface area contributed by atoms with Gasteiger partial charge in [-0.1, -0.05) is 6.92 Å². The maximum absolute atomic E-state index is 12.0. The maximum atomic E-state index is 12.0. The van der Waals surface area contributed by atoms with Crippen LogP contribution in [-0.2, 0) is 10.0 Å². The number of hydrogen-bond acceptors (Lipinski definition) is 4. The number of carbonyl (C=O) groups excluding carboxylic acids is 1. The molecular weight excluding hydrogens is 242 g/mol. The van der Waals surface area contributed by atoms with Crippen molar-refractivity contribution in [3.8, 4) is 0 Å². The van der Waals surface area contributed by atoms with Crippen molar-refractivity contribution >= 4 is 16.3 Å². The maximum Gasteiger partial charge on any atom is 0.274 e. The minimum atomic E-state index is -3.66. The molecule has 0 bridgehead atoms. The van der Waals surface area contributed by atoms with Crippen molar-refractivity contribution in [1.29, 1.82) is 0 Å². The Hall–Kier alpha value is -1.14. The summed E-state index contributed by atoms with van der Waals surface area (Å²) in [7, 11) is -3.66. The van der Waals surface area contributed by atoms with Gasteiger partial charge in [0.2, 0.25) is 5.09 Å². The Labute approximate surface area is 100 Å². The zero-order valence-corrected chi connectivity index (χ0v) is 10.4. The van der Waals surface area contributed by atoms with E-state index in [0.717, 1.165) is 25.7 Å². The predicted octanol–water partition coefficient (Wildman–Crippen LogP) is 1.70. The first kappa shape index (κ1) is 12.3. The molecule has 0 spiro atoms. The normalized spacial score (nSPS) is 18.6. The van der Waals surface area contributed by atoms with Crippen LogP contribution < -0.4 is 4.72 Å². The van der Waals surface area contributed by atoms with E-state index in [1.54, 1.807) is 0 Å². The Balaban J connectivity index is 2.21. The van der Waals surface area contributed by atoms with Crippen LogP contribution in [0, 0.1) is 0 Å². The van der Waals surface area contributed by atoms with Gasteiger partial charge in [0, 0.05) is 5.54 Å². The van der Waals surface area contributed by atoms with Crippen LogP contribution in [0.4, 0.5) is 0 Å². The van der Waals surface area contributed by atoms with Crippen molar-refractivity contribution in [3.63, 3.8) is 0 Å². The monoisotopic (exact) mass is 257 g/mol. The molecule has 17 heavy (non-hydrogen) atoms. The van der Waals surface area contributed by atoms with Gasteiger partial charge in [-0.15, -0.1) is 0 Å². The highest BCUT2D eigenvalue weighted by atomic mass is 32.2. The van der Waals surface area contributed by atoms with E-state index >= 15 is 0 Å². The molecular formula is C11H15NO4S. The Morgan fingerprint density at radius 1 is 1.47 bits per heavy atom. The van der Waals surface area contributed by atoms with Gasteiger partial charge in [-0.2, -0.15) is 0 Å². The van der Waals surface area contributed by atoms with Crippen LogP contribution in [0.1, 0.15) is 43.2 Å². The quantitative estimate of drug-likeness (QED) is 0.814. The second kappa shape index (κ2) is 4.27. The van der Waals surface area contributed by atoms with Gasteiger partial charge in [0.05, 0.1) is 0 Å². The average Bonchev–Trinajstić information content (AvgIpc) is 2.72. The van der Waals surface area contributed by atoms with Crippen molar-refractivity contribution < 1.29 is 17.6 Å². The highest BCUT2D eigenvalue weighted by molar-refractivity contribution is 7.89. The molecule has 1 aliphatic carbocycles. The third-order valence-electron chi connectivity index (χ3n) is 3.32. The summed E-state index contributed by atoms with van der Waals surface area (Å²) in [5.41, 5.74) is -0.326. The van der Waals surface area contributed by atoms with Gasteiger partial charge < -0.3 is 4.42 Å². The largest absolute Gasteiger partial charge is 0.440 e. The van der Waals surface area contributed by atoms with E-state index in [1.165, 1.54) is 12.1 Å². The molecule has 0 saturated heterocycles. The van der Waals surface area contributed by atoms with Crippen LogP contribution in [-0.4, -0.2) is 20.2 Å². The van der Waals surface area contributed by atoms with E-state index in [4.69, 9.17) is 4.42 Å². The molecule has 1 N–H and O–H groups in total. The summed E-state index contributed by atoms with van der Waals surface area (Å²) in [6.45, 7) is 1.96. The Bertz CT molecular complexity index is 508. The molecule has 1 aromatic rings. The third kappa shape index (κ3) is 2.28. The molecule has 0 radical (unpaired) electrons. The molecule has 0 unspecified atom stereocenters. The van der Waals surface area contributed by atoms with E-state index in [0.29, 0.717) is 6.29 Å². The lowest BCUT2D eigenvalue weighted by Crippen LogP contribution is -2.52. The molecule has 0 amide bonds. The standard InChI is InChI=1S/C11H15NO4S/c1-2-11(6-3-7-11)12-17(14,15)10-5-4-9(8-13)16-10/h4-5,8,12H,2-3,6-7H2,1H3. The number of nitrogens with one attached hydrogen (secondary N) is 1. The highest BCUT2D eigenvalue weighted by Gasteiger charge is 2.39. The first-order valence-corrected chi connectivity index (χ1v) is 7.09. The topological polar surface area (TPSA) is 76.4 Å². The molecule has 94 valence electrons. The third-order valence-corrected chi connectivity index (χ3v) is 4.77. The summed E-state index contributed by atoms with van der Waals surface area (Å²) in [6.07, 6.45) is 3.98. The second-order valence-corrected chi connectivity index (χ2v) is 5.98. The summed E-state index contributed by atoms with van der Waals surface area (Å²) in [4.78, 5) is 10.4. The first-order chi connectivity index (χ1) is 8.01. The lowest BCUT2D eigenvalue weighted by molar-refractivity contribution is 0.109. The first-order valence-electron chi connectivity index (χ1n) is 5.60. The van der Waals surface area contributed by atoms with Crippen LogP contribution in [0.2, 0.25) is 0 Å². The minimum Gasteiger partial charge on any atom is -0.440 e. The fraction of sp³-hybridized carbons (Fsp3) is 0.545. The molecule has 1 heterocycles. The van der Waals surface area contributed by atoms with Crippen LogP contribution in [0.15, 0.2) is 21.6 Å². The van der Waals surface area contributed by atoms with Gasteiger partial charge in [0.15, 0.2) is 12.0 Å². The molecule has 0 atom stereocenters. The lowest BCUT2D eigenvalue weighted by Gasteiger charge is -2.41. The van der Waals surface area contributed by atoms with Gasteiger partial charge in [-0.05, 0) is 37.8 Å². The van der Waals surface area contributed by atoms with Crippen LogP contribution in [0.3, 0.4) is 0 Å². The van der Waals surface area contributed by atoms with E-state index in [-0.39, 0.29) is 16.4 Å². The molecule has 0 aromatic carbocycles. The Morgan fingerprint density at radius 3 is 2.59 bits per heavy atom. The van der Waals surface area contributed by atoms with Crippen LogP contribution in [0.25, 0.3) is 0 Å². The smallest absolute Gasteiger partial charge is 0.274 e. The number of hydrogen-bond donors (Lipinski definition) is 1. The van der Waals surface area contributed by atoms with Gasteiger partial charge in [-0.25, -0.2) is 13.1 Å². The van der Waals surface area contributed by atoms with E-state index in [9.17, 15) is 13.2 Å². The number of carbonyl (C=O) groups is 1. The summed E-state index contributed by atoms with van der Waals surface area (Å²) >= 11 is 0. The fourth-order valence-electron chi connectivity index (χ4n) is 2.01. The van der Waals surface area contributed by atoms with E-state index < -0.39 is 10.0 Å². The zero-order valence-electron chi connectivity index (χ0n) is 9.60. The number of furan rings is 1. The van der Waals surface area contributed by atoms with Crippen molar-refractivity contribution in [2.45, 2.75) is 43.2 Å². The predicted molar refractivity (Wildman–Crippen MR) is 61.3 cm³/mol. The molecule has 6 heteroatoms. The minimum absolute atomic E-state index is 0.0181. The molecule has 5 nitrogen and oxygen atoms in total. The van der Waals surface area contributed by atoms with Gasteiger partial charge in [-0.3, -0.25) is 4.79 Å². The molecule has 2 rings (SSSR count). The number of aldehydes is 1. The average molecular weight is 257 g/mol. The van der Waals surface area contributed by atoms with E-state index in [1.807, 2.05) is 6.92 Å². The van der Waals surface area contributed by atoms with Gasteiger partial charge in [0.25, 0.3) is 10.0 Å². The molecule has 0 aliphatic heterocycles.